The number of anilines is 1. The Kier molecular flexibility index (Phi) is 5.46. The van der Waals surface area contributed by atoms with Crippen molar-refractivity contribution in [2.24, 2.45) is 7.05 Å². The van der Waals surface area contributed by atoms with E-state index in [1.165, 1.54) is 51.9 Å². The fourth-order valence-electron chi connectivity index (χ4n) is 2.84. The molecule has 0 atom stereocenters. The molecule has 0 aliphatic carbocycles. The van der Waals surface area contributed by atoms with Crippen LogP contribution in [-0.2, 0) is 11.8 Å². The number of aromatic nitrogens is 2. The first-order chi connectivity index (χ1) is 14.0. The van der Waals surface area contributed by atoms with Gasteiger partial charge < -0.3 is 5.32 Å². The number of nitrogens with zero attached hydrogens (tertiary/aromatic N) is 2. The Balaban J connectivity index is 1.58. The Bertz CT molecular complexity index is 1230. The zero-order valence-corrected chi connectivity index (χ0v) is 17.0. The number of carbonyl (C=O) groups excluding carboxylic acids is 1. The standard InChI is InChI=1S/C21H16FN3O2S2/c1-25-20(27)19-18(16(11-28-19)13-5-3-2-4-6-13)24-21(25)29-12-17(26)23-15-9-7-14(22)8-10-15/h2-11H,12H2,1H3,(H,23,26). The lowest BCUT2D eigenvalue weighted by atomic mass is 10.1. The fraction of sp³-hybridized carbons (Fsp3) is 0.0952. The number of benzene rings is 2. The predicted octanol–water partition coefficient (Wildman–Crippen LogP) is 4.53. The van der Waals surface area contributed by atoms with E-state index in [0.29, 0.717) is 21.1 Å². The van der Waals surface area contributed by atoms with Gasteiger partial charge in [0.2, 0.25) is 5.91 Å². The highest BCUT2D eigenvalue weighted by molar-refractivity contribution is 7.99. The summed E-state index contributed by atoms with van der Waals surface area (Å²) < 4.78 is 15.0. The molecule has 4 rings (SSSR count). The van der Waals surface area contributed by atoms with Crippen LogP contribution in [-0.4, -0.2) is 21.2 Å². The maximum atomic E-state index is 13.0. The van der Waals surface area contributed by atoms with Gasteiger partial charge in [0.25, 0.3) is 5.56 Å². The molecule has 2 heterocycles. The molecule has 0 aliphatic rings. The molecule has 4 aromatic rings. The SMILES string of the molecule is Cn1c(SCC(=O)Nc2ccc(F)cc2)nc2c(-c3ccccc3)csc2c1=O. The molecular weight excluding hydrogens is 409 g/mol. The van der Waals surface area contributed by atoms with Gasteiger partial charge in [-0.3, -0.25) is 14.2 Å². The van der Waals surface area contributed by atoms with Gasteiger partial charge in [0.15, 0.2) is 5.16 Å². The Hall–Kier alpha value is -2.97. The summed E-state index contributed by atoms with van der Waals surface area (Å²) in [5, 5.41) is 5.10. The summed E-state index contributed by atoms with van der Waals surface area (Å²) in [5.74, 6) is -0.548. The highest BCUT2D eigenvalue weighted by Gasteiger charge is 2.16. The number of thioether (sulfide) groups is 1. The molecule has 0 unspecified atom stereocenters. The molecule has 5 nitrogen and oxygen atoms in total. The van der Waals surface area contributed by atoms with Gasteiger partial charge in [-0.05, 0) is 29.8 Å². The number of hydrogen-bond acceptors (Lipinski definition) is 5. The van der Waals surface area contributed by atoms with Crippen molar-refractivity contribution in [2.75, 3.05) is 11.1 Å². The first-order valence-corrected chi connectivity index (χ1v) is 10.6. The summed E-state index contributed by atoms with van der Waals surface area (Å²) in [6, 6.07) is 15.3. The lowest BCUT2D eigenvalue weighted by molar-refractivity contribution is -0.113. The van der Waals surface area contributed by atoms with Crippen molar-refractivity contribution in [1.82, 2.24) is 9.55 Å². The summed E-state index contributed by atoms with van der Waals surface area (Å²) in [5.41, 5.74) is 2.92. The van der Waals surface area contributed by atoms with E-state index in [-0.39, 0.29) is 23.0 Å². The summed E-state index contributed by atoms with van der Waals surface area (Å²) in [4.78, 5) is 29.6. The third-order valence-corrected chi connectivity index (χ3v) is 6.29. The van der Waals surface area contributed by atoms with Crippen LogP contribution in [0.2, 0.25) is 0 Å². The van der Waals surface area contributed by atoms with E-state index >= 15 is 0 Å². The quantitative estimate of drug-likeness (QED) is 0.377. The molecule has 0 fully saturated rings. The minimum absolute atomic E-state index is 0.0774. The van der Waals surface area contributed by atoms with Crippen LogP contribution in [0.3, 0.4) is 0 Å². The van der Waals surface area contributed by atoms with Crippen LogP contribution < -0.4 is 10.9 Å². The van der Waals surface area contributed by atoms with Gasteiger partial charge in [-0.2, -0.15) is 0 Å². The molecule has 29 heavy (non-hydrogen) atoms. The zero-order chi connectivity index (χ0) is 20.4. The highest BCUT2D eigenvalue weighted by atomic mass is 32.2. The lowest BCUT2D eigenvalue weighted by Gasteiger charge is -2.09. The number of nitrogens with one attached hydrogen (secondary N) is 1. The van der Waals surface area contributed by atoms with Crippen molar-refractivity contribution >= 4 is 44.9 Å². The number of amides is 1. The van der Waals surface area contributed by atoms with E-state index in [1.54, 1.807) is 7.05 Å². The van der Waals surface area contributed by atoms with Gasteiger partial charge in [0.1, 0.15) is 10.5 Å². The monoisotopic (exact) mass is 425 g/mol. The first kappa shape index (κ1) is 19.4. The third kappa shape index (κ3) is 4.08. The van der Waals surface area contributed by atoms with E-state index in [2.05, 4.69) is 10.3 Å². The molecule has 1 N–H and O–H groups in total. The average Bonchev–Trinajstić information content (AvgIpc) is 3.16. The van der Waals surface area contributed by atoms with E-state index in [9.17, 15) is 14.0 Å². The van der Waals surface area contributed by atoms with Crippen molar-refractivity contribution in [1.29, 1.82) is 0 Å². The van der Waals surface area contributed by atoms with Crippen LogP contribution in [0.25, 0.3) is 21.3 Å². The molecule has 0 aliphatic heterocycles. The second-order valence-corrected chi connectivity index (χ2v) is 8.12. The molecule has 0 bridgehead atoms. The second kappa shape index (κ2) is 8.18. The minimum Gasteiger partial charge on any atom is -0.325 e. The van der Waals surface area contributed by atoms with Gasteiger partial charge in [-0.1, -0.05) is 42.1 Å². The van der Waals surface area contributed by atoms with Crippen LogP contribution in [0, 0.1) is 5.82 Å². The minimum atomic E-state index is -0.366. The number of carbonyl (C=O) groups is 1. The van der Waals surface area contributed by atoms with Crippen molar-refractivity contribution in [3.63, 3.8) is 0 Å². The maximum Gasteiger partial charge on any atom is 0.271 e. The lowest BCUT2D eigenvalue weighted by Crippen LogP contribution is -2.20. The normalized spacial score (nSPS) is 11.0. The van der Waals surface area contributed by atoms with Crippen molar-refractivity contribution in [3.8, 4) is 11.1 Å². The van der Waals surface area contributed by atoms with E-state index in [4.69, 9.17) is 0 Å². The van der Waals surface area contributed by atoms with Crippen molar-refractivity contribution < 1.29 is 9.18 Å². The second-order valence-electron chi connectivity index (χ2n) is 6.30. The third-order valence-electron chi connectivity index (χ3n) is 4.30. The zero-order valence-electron chi connectivity index (χ0n) is 15.4. The van der Waals surface area contributed by atoms with Crippen LogP contribution in [0.15, 0.2) is 69.9 Å². The molecule has 0 radical (unpaired) electrons. The fourth-order valence-corrected chi connectivity index (χ4v) is 4.59. The number of fused-ring (bicyclic) bond motifs is 1. The molecule has 8 heteroatoms. The molecule has 1 amide bonds. The van der Waals surface area contributed by atoms with Crippen LogP contribution in [0.5, 0.6) is 0 Å². The Morgan fingerprint density at radius 2 is 1.90 bits per heavy atom. The number of hydrogen-bond donors (Lipinski definition) is 1. The smallest absolute Gasteiger partial charge is 0.271 e. The molecule has 0 spiro atoms. The first-order valence-electron chi connectivity index (χ1n) is 8.75. The Morgan fingerprint density at radius 1 is 1.17 bits per heavy atom. The van der Waals surface area contributed by atoms with Gasteiger partial charge in [-0.25, -0.2) is 9.37 Å². The summed E-state index contributed by atoms with van der Waals surface area (Å²) in [6.07, 6.45) is 0. The topological polar surface area (TPSA) is 64.0 Å². The van der Waals surface area contributed by atoms with Gasteiger partial charge in [-0.15, -0.1) is 11.3 Å². The van der Waals surface area contributed by atoms with Gasteiger partial charge in [0, 0.05) is 23.7 Å². The number of halogens is 1. The molecule has 0 saturated heterocycles. The summed E-state index contributed by atoms with van der Waals surface area (Å²) in [7, 11) is 1.65. The van der Waals surface area contributed by atoms with Gasteiger partial charge >= 0.3 is 0 Å². The summed E-state index contributed by atoms with van der Waals surface area (Å²) >= 11 is 2.55. The Morgan fingerprint density at radius 3 is 2.62 bits per heavy atom. The largest absolute Gasteiger partial charge is 0.325 e. The number of thiophene rings is 1. The maximum absolute atomic E-state index is 13.0. The summed E-state index contributed by atoms with van der Waals surface area (Å²) in [6.45, 7) is 0. The van der Waals surface area contributed by atoms with Crippen LogP contribution >= 0.6 is 23.1 Å². The van der Waals surface area contributed by atoms with E-state index in [1.807, 2.05) is 35.7 Å². The van der Waals surface area contributed by atoms with E-state index in [0.717, 1.165) is 11.1 Å². The van der Waals surface area contributed by atoms with Gasteiger partial charge in [0.05, 0.1) is 11.3 Å². The van der Waals surface area contributed by atoms with Crippen molar-refractivity contribution in [2.45, 2.75) is 5.16 Å². The predicted molar refractivity (Wildman–Crippen MR) is 116 cm³/mol. The molecule has 2 aromatic heterocycles. The van der Waals surface area contributed by atoms with E-state index < -0.39 is 0 Å². The Labute approximate surface area is 174 Å². The van der Waals surface area contributed by atoms with Crippen molar-refractivity contribution in [3.05, 3.63) is 76.1 Å². The highest BCUT2D eigenvalue weighted by Crippen LogP contribution is 2.32. The molecule has 0 saturated carbocycles. The van der Waals surface area contributed by atoms with Crippen LogP contribution in [0.1, 0.15) is 0 Å². The number of rotatable bonds is 5. The molecular formula is C21H16FN3O2S2. The molecule has 2 aromatic carbocycles. The molecule has 146 valence electrons. The average molecular weight is 426 g/mol. The van der Waals surface area contributed by atoms with Crippen LogP contribution in [0.4, 0.5) is 10.1 Å².